The molecule has 0 aliphatic carbocycles. The fourth-order valence-corrected chi connectivity index (χ4v) is 1.56. The lowest BCUT2D eigenvalue weighted by atomic mass is 9.88. The van der Waals surface area contributed by atoms with Crippen molar-refractivity contribution >= 4 is 23.3 Å². The van der Waals surface area contributed by atoms with Gasteiger partial charge in [0.2, 0.25) is 5.91 Å². The van der Waals surface area contributed by atoms with Crippen molar-refractivity contribution in [1.82, 2.24) is 5.32 Å². The summed E-state index contributed by atoms with van der Waals surface area (Å²) in [5, 5.41) is 2.65. The average Bonchev–Trinajstić information content (AvgIpc) is 2.34. The van der Waals surface area contributed by atoms with Crippen LogP contribution in [-0.4, -0.2) is 11.9 Å². The molecule has 0 aliphatic heterocycles. The van der Waals surface area contributed by atoms with Crippen LogP contribution in [0.1, 0.15) is 34.6 Å². The van der Waals surface area contributed by atoms with Gasteiger partial charge in [-0.25, -0.2) is 9.69 Å². The maximum atomic E-state index is 12.2. The van der Waals surface area contributed by atoms with E-state index in [9.17, 15) is 9.59 Å². The molecule has 0 saturated heterocycles. The van der Waals surface area contributed by atoms with Crippen molar-refractivity contribution in [3.8, 4) is 0 Å². The summed E-state index contributed by atoms with van der Waals surface area (Å²) < 4.78 is 0. The van der Waals surface area contributed by atoms with Crippen molar-refractivity contribution in [3.05, 3.63) is 36.0 Å². The first-order valence-electron chi connectivity index (χ1n) is 6.77. The molecular weight excluding hydrogens is 266 g/mol. The number of nitrogen functional groups attached to an aromatic ring is 1. The number of hydrogen-bond donors (Lipinski definition) is 2. The lowest BCUT2D eigenvalue weighted by molar-refractivity contribution is -0.115. The molecule has 3 N–H and O–H groups in total. The Morgan fingerprint density at radius 1 is 1.24 bits per heavy atom. The van der Waals surface area contributed by atoms with Crippen molar-refractivity contribution in [2.24, 2.45) is 5.41 Å². The second-order valence-electron chi connectivity index (χ2n) is 5.98. The predicted octanol–water partition coefficient (Wildman–Crippen LogP) is 3.28. The number of carbonyl (C=O) groups excluding carboxylic acids is 2. The van der Waals surface area contributed by atoms with Crippen molar-refractivity contribution in [2.75, 3.05) is 10.6 Å². The van der Waals surface area contributed by atoms with Crippen molar-refractivity contribution < 1.29 is 9.59 Å². The highest BCUT2D eigenvalue weighted by Gasteiger charge is 2.20. The number of nitrogens with zero attached hydrogens (tertiary/aromatic N) is 1. The van der Waals surface area contributed by atoms with Crippen LogP contribution in [0.25, 0.3) is 0 Å². The monoisotopic (exact) mass is 289 g/mol. The van der Waals surface area contributed by atoms with E-state index in [0.29, 0.717) is 11.4 Å². The minimum atomic E-state index is -0.503. The maximum absolute atomic E-state index is 12.2. The molecule has 0 fully saturated rings. The Morgan fingerprint density at radius 3 is 2.33 bits per heavy atom. The number of amides is 3. The Labute approximate surface area is 125 Å². The predicted molar refractivity (Wildman–Crippen MR) is 85.8 cm³/mol. The van der Waals surface area contributed by atoms with Crippen LogP contribution in [-0.2, 0) is 4.79 Å². The van der Waals surface area contributed by atoms with Crippen molar-refractivity contribution in [2.45, 2.75) is 34.6 Å². The minimum Gasteiger partial charge on any atom is -0.399 e. The lowest BCUT2D eigenvalue weighted by Crippen LogP contribution is -2.41. The molecule has 5 heteroatoms. The molecule has 5 nitrogen and oxygen atoms in total. The van der Waals surface area contributed by atoms with E-state index in [4.69, 9.17) is 5.73 Å². The number of urea groups is 1. The second-order valence-corrected chi connectivity index (χ2v) is 5.98. The fraction of sp³-hybridized carbons (Fsp3) is 0.375. The molecular formula is C16H23N3O2. The van der Waals surface area contributed by atoms with Crippen molar-refractivity contribution in [1.29, 1.82) is 0 Å². The van der Waals surface area contributed by atoms with Gasteiger partial charge in [-0.3, -0.25) is 4.79 Å². The number of rotatable bonds is 2. The Bertz CT molecular complexity index is 571. The van der Waals surface area contributed by atoms with Gasteiger partial charge in [-0.2, -0.15) is 0 Å². The first-order chi connectivity index (χ1) is 9.62. The zero-order valence-corrected chi connectivity index (χ0v) is 13.2. The summed E-state index contributed by atoms with van der Waals surface area (Å²) >= 11 is 0. The van der Waals surface area contributed by atoms with E-state index < -0.39 is 6.03 Å². The van der Waals surface area contributed by atoms with E-state index in [-0.39, 0.29) is 11.3 Å². The summed E-state index contributed by atoms with van der Waals surface area (Å²) in [5.41, 5.74) is 7.59. The molecule has 0 heterocycles. The minimum absolute atomic E-state index is 0.0501. The average molecular weight is 289 g/mol. The number of carbonyl (C=O) groups is 2. The molecule has 114 valence electrons. The number of nitrogens with two attached hydrogens (primary N) is 1. The maximum Gasteiger partial charge on any atom is 0.332 e. The van der Waals surface area contributed by atoms with Crippen LogP contribution in [0, 0.1) is 5.41 Å². The molecule has 1 aromatic rings. The molecule has 0 radical (unpaired) electrons. The molecule has 0 saturated carbocycles. The number of anilines is 2. The molecule has 0 unspecified atom stereocenters. The summed E-state index contributed by atoms with van der Waals surface area (Å²) in [6.07, 6.45) is 1.63. The summed E-state index contributed by atoms with van der Waals surface area (Å²) in [6.45, 7) is 9.41. The van der Waals surface area contributed by atoms with Gasteiger partial charge in [-0.15, -0.1) is 0 Å². The highest BCUT2D eigenvalue weighted by atomic mass is 16.2. The van der Waals surface area contributed by atoms with Crippen molar-refractivity contribution in [3.63, 3.8) is 0 Å². The van der Waals surface area contributed by atoms with Crippen LogP contribution < -0.4 is 16.0 Å². The zero-order chi connectivity index (χ0) is 16.2. The van der Waals surface area contributed by atoms with Gasteiger partial charge in [0, 0.05) is 18.8 Å². The molecule has 3 amide bonds. The van der Waals surface area contributed by atoms with E-state index in [2.05, 4.69) is 5.32 Å². The first-order valence-corrected chi connectivity index (χ1v) is 6.77. The largest absolute Gasteiger partial charge is 0.399 e. The molecule has 1 aromatic carbocycles. The SMILES string of the molecule is CC(=O)N(C(=O)N/C=C(\C)C(C)(C)C)c1cccc(N)c1. The van der Waals surface area contributed by atoms with Gasteiger partial charge in [0.15, 0.2) is 0 Å². The number of nitrogens with one attached hydrogen (secondary N) is 1. The third-order valence-electron chi connectivity index (χ3n) is 3.24. The van der Waals surface area contributed by atoms with E-state index >= 15 is 0 Å². The third-order valence-corrected chi connectivity index (χ3v) is 3.24. The molecule has 0 bridgehead atoms. The van der Waals surface area contributed by atoms with E-state index in [1.54, 1.807) is 30.5 Å². The number of benzene rings is 1. The molecule has 0 spiro atoms. The van der Waals surface area contributed by atoms with Crippen LogP contribution in [0.15, 0.2) is 36.0 Å². The third kappa shape index (κ3) is 4.63. The standard InChI is InChI=1S/C16H23N3O2/c1-11(16(3,4)5)10-18-15(21)19(12(2)20)14-8-6-7-13(17)9-14/h6-10H,17H2,1-5H3,(H,18,21)/b11-10+. The fourth-order valence-electron chi connectivity index (χ4n) is 1.56. The number of imide groups is 1. The Balaban J connectivity index is 2.98. The zero-order valence-electron chi connectivity index (χ0n) is 13.2. The number of allylic oxidation sites excluding steroid dienone is 1. The van der Waals surface area contributed by atoms with Gasteiger partial charge in [0.25, 0.3) is 0 Å². The van der Waals surface area contributed by atoms with E-state index in [0.717, 1.165) is 10.5 Å². The lowest BCUT2D eigenvalue weighted by Gasteiger charge is -2.22. The smallest absolute Gasteiger partial charge is 0.332 e. The van der Waals surface area contributed by atoms with Gasteiger partial charge < -0.3 is 11.1 Å². The normalized spacial score (nSPS) is 12.0. The molecule has 0 aliphatic rings. The highest BCUT2D eigenvalue weighted by Crippen LogP contribution is 2.23. The van der Waals surface area contributed by atoms with Crippen LogP contribution in [0.5, 0.6) is 0 Å². The van der Waals surface area contributed by atoms with Crippen LogP contribution in [0.4, 0.5) is 16.2 Å². The van der Waals surface area contributed by atoms with Gasteiger partial charge >= 0.3 is 6.03 Å². The quantitative estimate of drug-likeness (QED) is 0.820. The summed E-state index contributed by atoms with van der Waals surface area (Å²) in [6, 6.07) is 6.14. The first kappa shape index (κ1) is 16.8. The summed E-state index contributed by atoms with van der Waals surface area (Å²) in [5.74, 6) is -0.375. The van der Waals surface area contributed by atoms with Gasteiger partial charge in [-0.1, -0.05) is 32.4 Å². The molecule has 0 aromatic heterocycles. The molecule has 0 atom stereocenters. The van der Waals surface area contributed by atoms with Gasteiger partial charge in [0.05, 0.1) is 5.69 Å². The van der Waals surface area contributed by atoms with E-state index in [1.165, 1.54) is 6.92 Å². The topological polar surface area (TPSA) is 75.4 Å². The summed E-state index contributed by atoms with van der Waals surface area (Å²) in [7, 11) is 0. The molecule has 1 rings (SSSR count). The molecule has 21 heavy (non-hydrogen) atoms. The Hall–Kier alpha value is -2.30. The van der Waals surface area contributed by atoms with Gasteiger partial charge in [0.1, 0.15) is 0 Å². The van der Waals surface area contributed by atoms with Crippen LogP contribution in [0.3, 0.4) is 0 Å². The second kappa shape index (κ2) is 6.43. The highest BCUT2D eigenvalue weighted by molar-refractivity contribution is 6.13. The van der Waals surface area contributed by atoms with E-state index in [1.807, 2.05) is 27.7 Å². The summed E-state index contributed by atoms with van der Waals surface area (Å²) in [4.78, 5) is 25.0. The van der Waals surface area contributed by atoms with Gasteiger partial charge in [-0.05, 0) is 30.5 Å². The Kier molecular flexibility index (Phi) is 5.13. The van der Waals surface area contributed by atoms with Crippen LogP contribution >= 0.6 is 0 Å². The Morgan fingerprint density at radius 2 is 1.86 bits per heavy atom. The number of hydrogen-bond acceptors (Lipinski definition) is 3. The van der Waals surface area contributed by atoms with Crippen LogP contribution in [0.2, 0.25) is 0 Å².